The monoisotopic (exact) mass is 374 g/mol. The van der Waals surface area contributed by atoms with Crippen LogP contribution < -0.4 is 9.47 Å². The fourth-order valence-electron chi connectivity index (χ4n) is 4.31. The van der Waals surface area contributed by atoms with E-state index in [0.717, 1.165) is 0 Å². The van der Waals surface area contributed by atoms with E-state index in [0.29, 0.717) is 22.6 Å². The first-order chi connectivity index (χ1) is 12.9. The van der Waals surface area contributed by atoms with Gasteiger partial charge in [-0.1, -0.05) is 24.3 Å². The van der Waals surface area contributed by atoms with Crippen molar-refractivity contribution in [3.05, 3.63) is 59.7 Å². The molecule has 2 fully saturated rings. The van der Waals surface area contributed by atoms with Crippen molar-refractivity contribution in [1.82, 2.24) is 0 Å². The second-order valence-electron chi connectivity index (χ2n) is 6.92. The van der Waals surface area contributed by atoms with Gasteiger partial charge in [0, 0.05) is 0 Å². The molecule has 4 atom stereocenters. The molecular weight excluding hydrogens is 352 g/mol. The van der Waals surface area contributed by atoms with Crippen LogP contribution in [0.25, 0.3) is 0 Å². The Morgan fingerprint density at radius 2 is 0.926 bits per heavy atom. The summed E-state index contributed by atoms with van der Waals surface area (Å²) in [5.74, 6) is 1.19. The number of ether oxygens (including phenoxy) is 3. The number of hydrogen-bond donors (Lipinski definition) is 4. The van der Waals surface area contributed by atoms with E-state index in [1.807, 2.05) is 0 Å². The molecule has 4 rings (SSSR count). The van der Waals surface area contributed by atoms with E-state index < -0.39 is 35.6 Å². The third kappa shape index (κ3) is 2.20. The van der Waals surface area contributed by atoms with Gasteiger partial charge in [-0.2, -0.15) is 0 Å². The minimum atomic E-state index is -1.66. The molecule has 0 aliphatic carbocycles. The lowest BCUT2D eigenvalue weighted by Gasteiger charge is -2.40. The van der Waals surface area contributed by atoms with Gasteiger partial charge in [0.1, 0.15) is 35.9 Å². The quantitative estimate of drug-likeness (QED) is 0.609. The fourth-order valence-corrected chi connectivity index (χ4v) is 4.31. The zero-order valence-corrected chi connectivity index (χ0v) is 14.9. The highest BCUT2D eigenvalue weighted by atomic mass is 16.6. The van der Waals surface area contributed by atoms with Gasteiger partial charge in [0.2, 0.25) is 0 Å². The number of fused-ring (bicyclic) bond motifs is 2. The van der Waals surface area contributed by atoms with Gasteiger partial charge in [0.05, 0.1) is 14.2 Å². The van der Waals surface area contributed by atoms with Crippen LogP contribution in [0.5, 0.6) is 11.5 Å². The first kappa shape index (κ1) is 18.2. The number of rotatable bonds is 4. The highest BCUT2D eigenvalue weighted by Gasteiger charge is 2.77. The van der Waals surface area contributed by atoms with Gasteiger partial charge in [0.15, 0.2) is 11.2 Å². The van der Waals surface area contributed by atoms with Crippen LogP contribution in [-0.4, -0.2) is 59.1 Å². The van der Waals surface area contributed by atoms with Crippen molar-refractivity contribution < 1.29 is 34.6 Å². The van der Waals surface area contributed by atoms with E-state index in [9.17, 15) is 20.4 Å². The maximum Gasteiger partial charge on any atom is 0.151 e. The van der Waals surface area contributed by atoms with E-state index in [1.54, 1.807) is 48.5 Å². The number of benzene rings is 2. The molecule has 2 aromatic rings. The van der Waals surface area contributed by atoms with Gasteiger partial charge in [-0.15, -0.1) is 0 Å². The topological polar surface area (TPSA) is 109 Å². The third-order valence-electron chi connectivity index (χ3n) is 5.78. The first-order valence-electron chi connectivity index (χ1n) is 8.63. The Bertz CT molecular complexity index is 732. The van der Waals surface area contributed by atoms with E-state index in [2.05, 4.69) is 0 Å². The molecule has 2 aliphatic rings. The standard InChI is InChI=1S/C20H22O7/c1-25-13-7-3-11(4-8-13)19-15(21)17(23)20(27-19,18(24)16(19)22)12-5-9-14(26-2)10-6-12/h3-10,15-18,21-24H,1-2H3/t15-,16-,17-,18-,19?,20?/m0/s1. The Hall–Kier alpha value is -2.16. The van der Waals surface area contributed by atoms with Gasteiger partial charge in [-0.25, -0.2) is 0 Å². The minimum absolute atomic E-state index is 0.439. The van der Waals surface area contributed by atoms with Crippen molar-refractivity contribution in [2.75, 3.05) is 14.2 Å². The van der Waals surface area contributed by atoms with E-state index >= 15 is 0 Å². The Balaban J connectivity index is 1.83. The number of methoxy groups -OCH3 is 2. The third-order valence-corrected chi connectivity index (χ3v) is 5.78. The second kappa shape index (κ2) is 6.19. The molecule has 0 amide bonds. The molecule has 2 saturated heterocycles. The van der Waals surface area contributed by atoms with Crippen LogP contribution in [0.2, 0.25) is 0 Å². The second-order valence-corrected chi connectivity index (χ2v) is 6.92. The van der Waals surface area contributed by atoms with Crippen molar-refractivity contribution in [2.45, 2.75) is 35.6 Å². The summed E-state index contributed by atoms with van der Waals surface area (Å²) in [5, 5.41) is 43.3. The molecule has 27 heavy (non-hydrogen) atoms. The van der Waals surface area contributed by atoms with Crippen LogP contribution in [0.15, 0.2) is 48.5 Å². The van der Waals surface area contributed by atoms with Gasteiger partial charge < -0.3 is 34.6 Å². The van der Waals surface area contributed by atoms with Crippen molar-refractivity contribution in [3.8, 4) is 11.5 Å². The predicted octanol–water partition coefficient (Wildman–Crippen LogP) is 0.282. The molecule has 4 N–H and O–H groups in total. The molecule has 0 unspecified atom stereocenters. The normalized spacial score (nSPS) is 37.4. The summed E-state index contributed by atoms with van der Waals surface area (Å²) >= 11 is 0. The SMILES string of the molecule is COc1ccc(C23OC(c4ccc(OC)cc4)([C@@H](O)[C@@H]2O)[C@@H](O)[C@@H]3O)cc1. The molecule has 144 valence electrons. The lowest BCUT2D eigenvalue weighted by molar-refractivity contribution is -0.138. The van der Waals surface area contributed by atoms with E-state index in [4.69, 9.17) is 14.2 Å². The summed E-state index contributed by atoms with van der Waals surface area (Å²) in [5.41, 5.74) is -2.45. The fraction of sp³-hybridized carbons (Fsp3) is 0.400. The molecule has 2 aliphatic heterocycles. The summed E-state index contributed by atoms with van der Waals surface area (Å²) in [6.45, 7) is 0. The average molecular weight is 374 g/mol. The molecule has 0 spiro atoms. The zero-order chi connectivity index (χ0) is 19.4. The van der Waals surface area contributed by atoms with Gasteiger partial charge in [-0.3, -0.25) is 0 Å². The first-order valence-corrected chi connectivity index (χ1v) is 8.63. The molecule has 2 bridgehead atoms. The zero-order valence-electron chi connectivity index (χ0n) is 14.9. The lowest BCUT2D eigenvalue weighted by atomic mass is 9.69. The van der Waals surface area contributed by atoms with E-state index in [-0.39, 0.29) is 0 Å². The summed E-state index contributed by atoms with van der Waals surface area (Å²) in [6.07, 6.45) is -5.75. The predicted molar refractivity (Wildman–Crippen MR) is 94.5 cm³/mol. The van der Waals surface area contributed by atoms with Gasteiger partial charge in [0.25, 0.3) is 0 Å². The maximum absolute atomic E-state index is 10.8. The highest BCUT2D eigenvalue weighted by molar-refractivity contribution is 5.44. The van der Waals surface area contributed by atoms with Crippen LogP contribution in [0.3, 0.4) is 0 Å². The Morgan fingerprint density at radius 3 is 1.19 bits per heavy atom. The molecule has 7 heteroatoms. The van der Waals surface area contributed by atoms with Crippen LogP contribution in [0, 0.1) is 0 Å². The Morgan fingerprint density at radius 1 is 0.630 bits per heavy atom. The molecule has 7 nitrogen and oxygen atoms in total. The molecule has 2 heterocycles. The number of aliphatic hydroxyl groups is 4. The number of aliphatic hydroxyl groups excluding tert-OH is 4. The summed E-state index contributed by atoms with van der Waals surface area (Å²) in [4.78, 5) is 0. The smallest absolute Gasteiger partial charge is 0.151 e. The molecule has 0 saturated carbocycles. The Kier molecular flexibility index (Phi) is 4.17. The molecule has 0 radical (unpaired) electrons. The molecular formula is C20H22O7. The van der Waals surface area contributed by atoms with Crippen LogP contribution >= 0.6 is 0 Å². The largest absolute Gasteiger partial charge is 0.497 e. The molecule has 0 aromatic heterocycles. The van der Waals surface area contributed by atoms with Crippen molar-refractivity contribution in [1.29, 1.82) is 0 Å². The van der Waals surface area contributed by atoms with Crippen LogP contribution in [-0.2, 0) is 15.9 Å². The minimum Gasteiger partial charge on any atom is -0.497 e. The van der Waals surface area contributed by atoms with Gasteiger partial charge in [-0.05, 0) is 35.4 Å². The average Bonchev–Trinajstić information content (AvgIpc) is 3.10. The summed E-state index contributed by atoms with van der Waals surface area (Å²) < 4.78 is 16.4. The maximum atomic E-state index is 10.8. The van der Waals surface area contributed by atoms with Crippen molar-refractivity contribution >= 4 is 0 Å². The Labute approximate surface area is 156 Å². The van der Waals surface area contributed by atoms with Gasteiger partial charge >= 0.3 is 0 Å². The summed E-state index contributed by atoms with van der Waals surface area (Å²) in [6, 6.07) is 13.2. The van der Waals surface area contributed by atoms with E-state index in [1.165, 1.54) is 14.2 Å². The number of hydrogen-bond acceptors (Lipinski definition) is 7. The molecule has 2 aromatic carbocycles. The highest BCUT2D eigenvalue weighted by Crippen LogP contribution is 2.60. The summed E-state index contributed by atoms with van der Waals surface area (Å²) in [7, 11) is 3.06. The van der Waals surface area contributed by atoms with Crippen LogP contribution in [0.1, 0.15) is 11.1 Å². The lowest BCUT2D eigenvalue weighted by Crippen LogP contribution is -2.61. The van der Waals surface area contributed by atoms with Crippen LogP contribution in [0.4, 0.5) is 0 Å². The van der Waals surface area contributed by atoms with Crippen molar-refractivity contribution in [3.63, 3.8) is 0 Å². The van der Waals surface area contributed by atoms with Crippen molar-refractivity contribution in [2.24, 2.45) is 0 Å².